The summed E-state index contributed by atoms with van der Waals surface area (Å²) in [5.74, 6) is 1.34. The summed E-state index contributed by atoms with van der Waals surface area (Å²) in [6.45, 7) is 6.09. The van der Waals surface area contributed by atoms with Gasteiger partial charge in [-0.3, -0.25) is 9.88 Å². The van der Waals surface area contributed by atoms with Gasteiger partial charge in [-0.2, -0.15) is 5.10 Å². The number of nitrogen functional groups attached to an aromatic ring is 1. The van der Waals surface area contributed by atoms with Gasteiger partial charge in [-0.25, -0.2) is 32.4 Å². The fourth-order valence-corrected chi connectivity index (χ4v) is 8.37. The molecule has 0 unspecified atom stereocenters. The fraction of sp³-hybridized carbons (Fsp3) is 0.414. The van der Waals surface area contributed by atoms with Crippen LogP contribution >= 0.6 is 11.6 Å². The van der Waals surface area contributed by atoms with Gasteiger partial charge in [0.05, 0.1) is 23.8 Å². The highest BCUT2D eigenvalue weighted by atomic mass is 35.5. The number of sulfone groups is 1. The lowest BCUT2D eigenvalue weighted by Gasteiger charge is -2.54. The van der Waals surface area contributed by atoms with Crippen molar-refractivity contribution in [3.05, 3.63) is 59.0 Å². The monoisotopic (exact) mass is 641 g/mol. The predicted molar refractivity (Wildman–Crippen MR) is 165 cm³/mol. The van der Waals surface area contributed by atoms with Gasteiger partial charge in [0.25, 0.3) is 0 Å². The Balaban J connectivity index is 1.10. The molecule has 6 rings (SSSR count). The van der Waals surface area contributed by atoms with Crippen molar-refractivity contribution in [2.45, 2.75) is 32.9 Å². The van der Waals surface area contributed by atoms with E-state index in [1.165, 1.54) is 12.3 Å². The van der Waals surface area contributed by atoms with Crippen LogP contribution in [0.4, 0.5) is 15.9 Å². The van der Waals surface area contributed by atoms with Crippen LogP contribution < -0.4 is 15.8 Å². The molecule has 12 nitrogen and oxygen atoms in total. The molecule has 0 radical (unpaired) electrons. The molecule has 2 aliphatic heterocycles. The number of hydrogen-bond donors (Lipinski definition) is 2. The number of aromatic nitrogens is 6. The first-order valence-electron chi connectivity index (χ1n) is 14.2. The Labute approximate surface area is 259 Å². The molecule has 232 valence electrons. The maximum Gasteiger partial charge on any atom is 0.223 e. The van der Waals surface area contributed by atoms with E-state index in [1.54, 1.807) is 36.3 Å². The van der Waals surface area contributed by atoms with Crippen LogP contribution in [0, 0.1) is 18.2 Å². The van der Waals surface area contributed by atoms with Gasteiger partial charge < -0.3 is 15.8 Å². The third-order valence-corrected chi connectivity index (χ3v) is 10.2. The Morgan fingerprint density at radius 3 is 2.68 bits per heavy atom. The molecule has 4 aromatic rings. The van der Waals surface area contributed by atoms with Gasteiger partial charge >= 0.3 is 0 Å². The first kappa shape index (κ1) is 30.2. The number of halogens is 2. The highest BCUT2D eigenvalue weighted by Crippen LogP contribution is 2.42. The summed E-state index contributed by atoms with van der Waals surface area (Å²) in [4.78, 5) is 19.4. The zero-order chi connectivity index (χ0) is 31.2. The summed E-state index contributed by atoms with van der Waals surface area (Å²) < 4.78 is 46.3. The average Bonchev–Trinajstić information content (AvgIpc) is 3.19. The Morgan fingerprint density at radius 2 is 1.98 bits per heavy atom. The van der Waals surface area contributed by atoms with Crippen LogP contribution in [0.5, 0.6) is 5.88 Å². The first-order chi connectivity index (χ1) is 20.9. The van der Waals surface area contributed by atoms with Crippen molar-refractivity contribution >= 4 is 32.9 Å². The lowest BCUT2D eigenvalue weighted by atomic mass is 9.82. The molecule has 2 aliphatic rings. The highest BCUT2D eigenvalue weighted by molar-refractivity contribution is 7.92. The molecule has 15 heteroatoms. The minimum atomic E-state index is -2.88. The molecule has 0 aromatic carbocycles. The number of pyridine rings is 2. The smallest absolute Gasteiger partial charge is 0.223 e. The van der Waals surface area contributed by atoms with Crippen LogP contribution in [0.1, 0.15) is 24.6 Å². The van der Waals surface area contributed by atoms with Crippen molar-refractivity contribution in [2.75, 3.05) is 42.3 Å². The molecular weight excluding hydrogens is 609 g/mol. The third kappa shape index (κ3) is 6.19. The van der Waals surface area contributed by atoms with E-state index in [0.29, 0.717) is 67.0 Å². The summed E-state index contributed by atoms with van der Waals surface area (Å²) in [7, 11) is -1.09. The molecule has 44 heavy (non-hydrogen) atoms. The number of nitrogens with zero attached hydrogens (tertiary/aromatic N) is 7. The number of likely N-dealkylation sites (tertiary alicyclic amines) is 1. The topological polar surface area (TPSA) is 154 Å². The van der Waals surface area contributed by atoms with E-state index in [1.807, 2.05) is 13.8 Å². The molecule has 2 saturated heterocycles. The third-order valence-electron chi connectivity index (χ3n) is 7.86. The van der Waals surface area contributed by atoms with Crippen LogP contribution in [0.2, 0.25) is 5.15 Å². The summed E-state index contributed by atoms with van der Waals surface area (Å²) in [5, 5.41) is 8.12. The van der Waals surface area contributed by atoms with Crippen LogP contribution in [-0.4, -0.2) is 80.3 Å². The quantitative estimate of drug-likeness (QED) is 0.245. The first-order valence-corrected chi connectivity index (χ1v) is 16.4. The zero-order valence-electron chi connectivity index (χ0n) is 24.6. The van der Waals surface area contributed by atoms with E-state index in [-0.39, 0.29) is 33.8 Å². The van der Waals surface area contributed by atoms with E-state index >= 15 is 4.39 Å². The molecule has 3 N–H and O–H groups in total. The van der Waals surface area contributed by atoms with E-state index in [4.69, 9.17) is 22.1 Å². The zero-order valence-corrected chi connectivity index (χ0v) is 26.2. The van der Waals surface area contributed by atoms with Gasteiger partial charge in [-0.05, 0) is 37.6 Å². The molecule has 2 fully saturated rings. The maximum absolute atomic E-state index is 15.4. The Bertz CT molecular complexity index is 1810. The number of aryl methyl sites for hydroxylation is 2. The Morgan fingerprint density at radius 1 is 1.20 bits per heavy atom. The second-order valence-corrected chi connectivity index (χ2v) is 14.2. The van der Waals surface area contributed by atoms with Crippen LogP contribution in [0.15, 0.2) is 36.8 Å². The standard InChI is InChI=1S/C29H33ClFN9O3S/c1-17(5-7-43-28-25(18(2)38-39(28)3)27-33-6-4-24(32)37-27)36-22-9-23(30)34-11-20(22)26-21(31)8-19(10-35-26)12-40-13-29(14-40)15-44(41,42)16-29/h4,6,8-11,17H,5,7,12-16H2,1-3H3,(H,34,36)(H2,32,33,37)/t17-/m0/s1. The minimum Gasteiger partial charge on any atom is -0.477 e. The van der Waals surface area contributed by atoms with Crippen molar-refractivity contribution in [3.63, 3.8) is 0 Å². The van der Waals surface area contributed by atoms with Crippen molar-refractivity contribution in [1.82, 2.24) is 34.6 Å². The maximum atomic E-state index is 15.4. The SMILES string of the molecule is Cc1nn(C)c(OCC[C@H](C)Nc2cc(Cl)ncc2-c2ncc(CN3CC4(C3)CS(=O)(=O)C4)cc2F)c1-c1nccc(N)n1. The predicted octanol–water partition coefficient (Wildman–Crippen LogP) is 3.52. The summed E-state index contributed by atoms with van der Waals surface area (Å²) in [6.07, 6.45) is 5.34. The summed E-state index contributed by atoms with van der Waals surface area (Å²) in [6, 6.07) is 4.64. The van der Waals surface area contributed by atoms with Crippen LogP contribution in [-0.2, 0) is 23.4 Å². The number of nitrogens with one attached hydrogen (secondary N) is 1. The van der Waals surface area contributed by atoms with Gasteiger partial charge in [-0.15, -0.1) is 0 Å². The molecule has 6 heterocycles. The molecular formula is C29H33ClFN9O3S. The van der Waals surface area contributed by atoms with E-state index < -0.39 is 15.7 Å². The number of ether oxygens (including phenoxy) is 1. The van der Waals surface area contributed by atoms with Gasteiger partial charge in [-0.1, -0.05) is 11.6 Å². The molecule has 1 spiro atoms. The van der Waals surface area contributed by atoms with Crippen molar-refractivity contribution in [3.8, 4) is 28.5 Å². The number of anilines is 2. The fourth-order valence-electron chi connectivity index (χ4n) is 6.07. The van der Waals surface area contributed by atoms with E-state index in [9.17, 15) is 8.42 Å². The van der Waals surface area contributed by atoms with E-state index in [2.05, 4.69) is 35.3 Å². The van der Waals surface area contributed by atoms with Gasteiger partial charge in [0.2, 0.25) is 5.88 Å². The molecule has 1 atom stereocenters. The number of nitrogens with two attached hydrogens (primary N) is 1. The number of rotatable bonds is 10. The lowest BCUT2D eigenvalue weighted by Crippen LogP contribution is -2.67. The lowest BCUT2D eigenvalue weighted by molar-refractivity contribution is 0.0179. The Kier molecular flexibility index (Phi) is 7.92. The normalized spacial score (nSPS) is 17.6. The van der Waals surface area contributed by atoms with Crippen molar-refractivity contribution in [1.29, 1.82) is 0 Å². The average molecular weight is 642 g/mol. The van der Waals surface area contributed by atoms with E-state index in [0.717, 1.165) is 11.3 Å². The van der Waals surface area contributed by atoms with Crippen LogP contribution in [0.3, 0.4) is 0 Å². The van der Waals surface area contributed by atoms with Gasteiger partial charge in [0, 0.05) is 74.4 Å². The second-order valence-electron chi connectivity index (χ2n) is 11.8. The highest BCUT2D eigenvalue weighted by Gasteiger charge is 2.55. The molecule has 0 bridgehead atoms. The largest absolute Gasteiger partial charge is 0.477 e. The second kappa shape index (κ2) is 11.6. The van der Waals surface area contributed by atoms with Crippen LogP contribution in [0.25, 0.3) is 22.6 Å². The van der Waals surface area contributed by atoms with Crippen molar-refractivity contribution in [2.24, 2.45) is 12.5 Å². The van der Waals surface area contributed by atoms with Gasteiger partial charge in [0.1, 0.15) is 28.0 Å². The molecule has 0 aliphatic carbocycles. The summed E-state index contributed by atoms with van der Waals surface area (Å²) in [5.41, 5.74) is 9.10. The summed E-state index contributed by atoms with van der Waals surface area (Å²) >= 11 is 6.22. The molecule has 0 saturated carbocycles. The molecule has 4 aromatic heterocycles. The van der Waals surface area contributed by atoms with Crippen molar-refractivity contribution < 1.29 is 17.5 Å². The minimum absolute atomic E-state index is 0.0926. The van der Waals surface area contributed by atoms with Gasteiger partial charge in [0.15, 0.2) is 15.7 Å². The Hall–Kier alpha value is -3.88. The number of hydrogen-bond acceptors (Lipinski definition) is 11. The molecule has 0 amide bonds.